The number of nitrogens with zero attached hydrogens (tertiary/aromatic N) is 2. The smallest absolute Gasteiger partial charge is 0.355 e. The lowest BCUT2D eigenvalue weighted by molar-refractivity contribution is -0.384. The number of carbonyl (C=O) groups excluding carboxylic acids is 1. The second-order valence-electron chi connectivity index (χ2n) is 7.57. The van der Waals surface area contributed by atoms with Gasteiger partial charge in [0.2, 0.25) is 0 Å². The maximum atomic E-state index is 13.5. The van der Waals surface area contributed by atoms with Gasteiger partial charge in [-0.25, -0.2) is 9.18 Å². The molecule has 1 heterocycles. The summed E-state index contributed by atoms with van der Waals surface area (Å²) in [5, 5.41) is 12.1. The molecule has 0 fully saturated rings. The van der Waals surface area contributed by atoms with E-state index in [9.17, 15) is 19.3 Å². The van der Waals surface area contributed by atoms with Crippen molar-refractivity contribution in [2.45, 2.75) is 20.4 Å². The second-order valence-corrected chi connectivity index (χ2v) is 7.57. The Hall–Kier alpha value is -4.20. The number of aromatic nitrogens is 1. The van der Waals surface area contributed by atoms with Gasteiger partial charge in [0.05, 0.1) is 23.7 Å². The predicted octanol–water partition coefficient (Wildman–Crippen LogP) is 5.98. The van der Waals surface area contributed by atoms with E-state index in [0.717, 1.165) is 5.56 Å². The maximum absolute atomic E-state index is 13.5. The average molecular weight is 462 g/mol. The molecule has 0 aliphatic carbocycles. The summed E-state index contributed by atoms with van der Waals surface area (Å²) in [6.07, 6.45) is 0. The van der Waals surface area contributed by atoms with Crippen LogP contribution in [-0.4, -0.2) is 28.7 Å². The highest BCUT2D eigenvalue weighted by atomic mass is 19.1. The van der Waals surface area contributed by atoms with Crippen LogP contribution in [0, 0.1) is 15.9 Å². The number of hydrogen-bond donors (Lipinski definition) is 0. The van der Waals surface area contributed by atoms with Gasteiger partial charge >= 0.3 is 5.97 Å². The molecule has 0 N–H and O–H groups in total. The van der Waals surface area contributed by atoms with Crippen molar-refractivity contribution in [2.24, 2.45) is 0 Å². The summed E-state index contributed by atoms with van der Waals surface area (Å²) in [5.41, 5.74) is 2.79. The van der Waals surface area contributed by atoms with Crippen LogP contribution < -0.4 is 4.74 Å². The van der Waals surface area contributed by atoms with E-state index in [0.29, 0.717) is 34.4 Å². The fourth-order valence-electron chi connectivity index (χ4n) is 3.98. The molecule has 0 amide bonds. The lowest BCUT2D eigenvalue weighted by Crippen LogP contribution is -2.14. The Morgan fingerprint density at radius 2 is 1.71 bits per heavy atom. The Kier molecular flexibility index (Phi) is 6.58. The van der Waals surface area contributed by atoms with E-state index in [2.05, 4.69) is 0 Å². The monoisotopic (exact) mass is 462 g/mol. The minimum Gasteiger partial charge on any atom is -0.494 e. The fraction of sp³-hybridized carbons (Fsp3) is 0.192. The Balaban J connectivity index is 2.00. The average Bonchev–Trinajstić information content (AvgIpc) is 3.15. The number of non-ortho nitro benzene ring substituents is 1. The first kappa shape index (κ1) is 23.0. The van der Waals surface area contributed by atoms with Crippen molar-refractivity contribution in [1.29, 1.82) is 0 Å². The largest absolute Gasteiger partial charge is 0.494 e. The van der Waals surface area contributed by atoms with Crippen LogP contribution >= 0.6 is 0 Å². The minimum atomic E-state index is -0.549. The van der Waals surface area contributed by atoms with Crippen LogP contribution in [0.15, 0.2) is 66.7 Å². The zero-order valence-electron chi connectivity index (χ0n) is 18.8. The molecule has 0 saturated carbocycles. The third-order valence-corrected chi connectivity index (χ3v) is 5.43. The molecule has 7 nitrogen and oxygen atoms in total. The van der Waals surface area contributed by atoms with Crippen LogP contribution in [0.1, 0.15) is 29.9 Å². The van der Waals surface area contributed by atoms with Gasteiger partial charge in [0, 0.05) is 29.6 Å². The number of ether oxygens (including phenoxy) is 2. The number of rotatable bonds is 8. The first-order valence-corrected chi connectivity index (χ1v) is 10.9. The van der Waals surface area contributed by atoms with Crippen LogP contribution in [0.2, 0.25) is 0 Å². The van der Waals surface area contributed by atoms with E-state index in [1.807, 2.05) is 19.1 Å². The lowest BCUT2D eigenvalue weighted by Gasteiger charge is -2.12. The molecule has 0 saturated heterocycles. The molecular formula is C26H23FN2O5. The molecular weight excluding hydrogens is 439 g/mol. The maximum Gasteiger partial charge on any atom is 0.355 e. The lowest BCUT2D eigenvalue weighted by atomic mass is 10.0. The standard InChI is InChI=1S/C26H23FN2O5/c1-3-33-21-12-7-18(8-13-21)24-22-15-20(29(31)32)11-14-23(22)28(25(24)26(30)34-4-2)16-17-5-9-19(27)10-6-17/h5-15H,3-4,16H2,1-2H3. The summed E-state index contributed by atoms with van der Waals surface area (Å²) in [6, 6.07) is 17.7. The van der Waals surface area contributed by atoms with Gasteiger partial charge in [-0.15, -0.1) is 0 Å². The molecule has 34 heavy (non-hydrogen) atoms. The molecule has 0 unspecified atom stereocenters. The number of fused-ring (bicyclic) bond motifs is 1. The van der Waals surface area contributed by atoms with Gasteiger partial charge in [-0.3, -0.25) is 10.1 Å². The molecule has 4 aromatic rings. The van der Waals surface area contributed by atoms with Gasteiger partial charge in [-0.1, -0.05) is 24.3 Å². The highest BCUT2D eigenvalue weighted by Crippen LogP contribution is 2.38. The van der Waals surface area contributed by atoms with Gasteiger partial charge in [-0.2, -0.15) is 0 Å². The molecule has 174 valence electrons. The normalized spacial score (nSPS) is 10.9. The summed E-state index contributed by atoms with van der Waals surface area (Å²) in [4.78, 5) is 24.2. The molecule has 0 spiro atoms. The van der Waals surface area contributed by atoms with Crippen molar-refractivity contribution in [3.8, 4) is 16.9 Å². The number of benzene rings is 3. The number of esters is 1. The van der Waals surface area contributed by atoms with Gasteiger partial charge in [-0.05, 0) is 55.3 Å². The Morgan fingerprint density at radius 1 is 1.00 bits per heavy atom. The first-order chi connectivity index (χ1) is 16.4. The SMILES string of the molecule is CCOC(=O)c1c(-c2ccc(OCC)cc2)c2cc([N+](=O)[O-])ccc2n1Cc1ccc(F)cc1. The van der Waals surface area contributed by atoms with Gasteiger partial charge in [0.25, 0.3) is 5.69 Å². The third-order valence-electron chi connectivity index (χ3n) is 5.43. The zero-order valence-corrected chi connectivity index (χ0v) is 18.8. The second kappa shape index (κ2) is 9.74. The van der Waals surface area contributed by atoms with Crippen molar-refractivity contribution in [3.63, 3.8) is 0 Å². The molecule has 0 radical (unpaired) electrons. The van der Waals surface area contributed by atoms with E-state index >= 15 is 0 Å². The molecule has 0 aliphatic heterocycles. The molecule has 0 bridgehead atoms. The van der Waals surface area contributed by atoms with Gasteiger partial charge in [0.1, 0.15) is 17.3 Å². The number of nitro benzene ring substituents is 1. The van der Waals surface area contributed by atoms with Crippen molar-refractivity contribution in [3.05, 3.63) is 93.9 Å². The molecule has 1 aromatic heterocycles. The minimum absolute atomic E-state index is 0.0889. The van der Waals surface area contributed by atoms with Crippen LogP contribution in [0.3, 0.4) is 0 Å². The van der Waals surface area contributed by atoms with Crippen LogP contribution in [0.5, 0.6) is 5.75 Å². The summed E-state index contributed by atoms with van der Waals surface area (Å²) in [5.74, 6) is -0.241. The Labute approximate surface area is 195 Å². The highest BCUT2D eigenvalue weighted by molar-refractivity contribution is 6.09. The van der Waals surface area contributed by atoms with E-state index in [4.69, 9.17) is 9.47 Å². The van der Waals surface area contributed by atoms with Crippen LogP contribution in [0.4, 0.5) is 10.1 Å². The highest BCUT2D eigenvalue weighted by Gasteiger charge is 2.26. The summed E-state index contributed by atoms with van der Waals surface area (Å²) >= 11 is 0. The Bertz CT molecular complexity index is 1340. The summed E-state index contributed by atoms with van der Waals surface area (Å²) < 4.78 is 26.1. The van der Waals surface area contributed by atoms with Crippen molar-refractivity contribution in [2.75, 3.05) is 13.2 Å². The van der Waals surface area contributed by atoms with Crippen molar-refractivity contribution < 1.29 is 23.6 Å². The molecule has 8 heteroatoms. The number of carbonyl (C=O) groups is 1. The van der Waals surface area contributed by atoms with E-state index in [-0.39, 0.29) is 30.4 Å². The van der Waals surface area contributed by atoms with Crippen LogP contribution in [-0.2, 0) is 11.3 Å². The first-order valence-electron chi connectivity index (χ1n) is 10.9. The number of nitro groups is 1. The van der Waals surface area contributed by atoms with E-state index < -0.39 is 10.9 Å². The van der Waals surface area contributed by atoms with Crippen molar-refractivity contribution in [1.82, 2.24) is 4.57 Å². The predicted molar refractivity (Wildman–Crippen MR) is 127 cm³/mol. The molecule has 3 aromatic carbocycles. The van der Waals surface area contributed by atoms with Gasteiger partial charge < -0.3 is 14.0 Å². The number of hydrogen-bond acceptors (Lipinski definition) is 5. The number of halogens is 1. The van der Waals surface area contributed by atoms with E-state index in [1.165, 1.54) is 24.3 Å². The van der Waals surface area contributed by atoms with Gasteiger partial charge in [0.15, 0.2) is 0 Å². The summed E-state index contributed by atoms with van der Waals surface area (Å²) in [7, 11) is 0. The zero-order chi connectivity index (χ0) is 24.2. The van der Waals surface area contributed by atoms with E-state index in [1.54, 1.807) is 41.8 Å². The fourth-order valence-corrected chi connectivity index (χ4v) is 3.98. The van der Waals surface area contributed by atoms with Crippen molar-refractivity contribution >= 4 is 22.6 Å². The third kappa shape index (κ3) is 4.47. The van der Waals surface area contributed by atoms with Crippen LogP contribution in [0.25, 0.3) is 22.0 Å². The molecule has 0 atom stereocenters. The quantitative estimate of drug-likeness (QED) is 0.183. The Morgan fingerprint density at radius 3 is 2.32 bits per heavy atom. The molecule has 4 rings (SSSR count). The molecule has 0 aliphatic rings. The topological polar surface area (TPSA) is 83.6 Å². The summed E-state index contributed by atoms with van der Waals surface area (Å²) in [6.45, 7) is 4.53.